The highest BCUT2D eigenvalue weighted by Gasteiger charge is 2.43. The van der Waals surface area contributed by atoms with Crippen LogP contribution in [0.1, 0.15) is 52.5 Å². The topological polar surface area (TPSA) is 68.8 Å². The lowest BCUT2D eigenvalue weighted by Gasteiger charge is -2.45. The van der Waals surface area contributed by atoms with Gasteiger partial charge in [0.25, 0.3) is 5.91 Å². The van der Waals surface area contributed by atoms with Crippen molar-refractivity contribution in [3.8, 4) is 16.9 Å². The molecular formula is C26H23F3N6O. The number of hydrogen-bond donors (Lipinski definition) is 0. The maximum Gasteiger partial charge on any atom is 0.254 e. The van der Waals surface area contributed by atoms with Crippen LogP contribution >= 0.6 is 0 Å². The number of halogens is 3. The van der Waals surface area contributed by atoms with E-state index in [0.29, 0.717) is 17.7 Å². The van der Waals surface area contributed by atoms with Gasteiger partial charge in [-0.05, 0) is 62.4 Å². The van der Waals surface area contributed by atoms with E-state index in [2.05, 4.69) is 10.2 Å². The van der Waals surface area contributed by atoms with Crippen LogP contribution < -0.4 is 0 Å². The van der Waals surface area contributed by atoms with Crippen LogP contribution in [-0.2, 0) is 13.5 Å². The molecule has 2 aromatic heterocycles. The maximum atomic E-state index is 14.0. The second-order valence-electron chi connectivity index (χ2n) is 9.48. The van der Waals surface area contributed by atoms with E-state index in [9.17, 15) is 18.0 Å². The molecule has 36 heavy (non-hydrogen) atoms. The Morgan fingerprint density at radius 3 is 2.47 bits per heavy atom. The number of nitrogens with zero attached hydrogens (tertiary/aromatic N) is 6. The zero-order valence-corrected chi connectivity index (χ0v) is 19.8. The molecule has 1 saturated heterocycles. The van der Waals surface area contributed by atoms with E-state index in [1.165, 1.54) is 0 Å². The first-order chi connectivity index (χ1) is 17.3. The van der Waals surface area contributed by atoms with Crippen molar-refractivity contribution in [1.82, 2.24) is 29.4 Å². The molecule has 2 aliphatic heterocycles. The van der Waals surface area contributed by atoms with Gasteiger partial charge >= 0.3 is 0 Å². The molecule has 1 amide bonds. The van der Waals surface area contributed by atoms with E-state index >= 15 is 0 Å². The number of aryl methyl sites for hydroxylation is 2. The number of rotatable bonds is 3. The summed E-state index contributed by atoms with van der Waals surface area (Å²) in [6.07, 6.45) is 6.19. The predicted octanol–water partition coefficient (Wildman–Crippen LogP) is 4.69. The van der Waals surface area contributed by atoms with E-state index < -0.39 is 17.5 Å². The highest BCUT2D eigenvalue weighted by molar-refractivity contribution is 5.96. The number of aromatic nitrogens is 5. The van der Waals surface area contributed by atoms with Crippen LogP contribution in [0.25, 0.3) is 16.9 Å². The Labute approximate surface area is 205 Å². The van der Waals surface area contributed by atoms with Gasteiger partial charge in [0.1, 0.15) is 12.7 Å². The first kappa shape index (κ1) is 22.5. The Balaban J connectivity index is 1.41. The Bertz CT molecular complexity index is 1470. The minimum absolute atomic E-state index is 0.0819. The molecule has 0 N–H and O–H groups in total. The Hall–Kier alpha value is -3.95. The molecule has 6 rings (SSSR count). The fraction of sp³-hybridized carbons (Fsp3) is 0.308. The molecule has 10 heteroatoms. The van der Waals surface area contributed by atoms with Crippen LogP contribution in [0.2, 0.25) is 0 Å². The van der Waals surface area contributed by atoms with Crippen molar-refractivity contribution in [3.63, 3.8) is 0 Å². The first-order valence-electron chi connectivity index (χ1n) is 11.8. The van der Waals surface area contributed by atoms with Crippen molar-refractivity contribution < 1.29 is 18.0 Å². The van der Waals surface area contributed by atoms with Gasteiger partial charge in [-0.2, -0.15) is 5.10 Å². The largest absolute Gasteiger partial charge is 0.327 e. The monoisotopic (exact) mass is 492 g/mol. The van der Waals surface area contributed by atoms with Crippen molar-refractivity contribution in [2.24, 2.45) is 7.05 Å². The number of amides is 1. The molecule has 184 valence electrons. The number of piperidine rings is 1. The van der Waals surface area contributed by atoms with Crippen molar-refractivity contribution in [1.29, 1.82) is 0 Å². The summed E-state index contributed by atoms with van der Waals surface area (Å²) in [5.74, 6) is -4.06. The average Bonchev–Trinajstić information content (AvgIpc) is 3.50. The summed E-state index contributed by atoms with van der Waals surface area (Å²) in [6, 6.07) is 7.25. The second-order valence-corrected chi connectivity index (χ2v) is 9.48. The fourth-order valence-corrected chi connectivity index (χ4v) is 5.70. The summed E-state index contributed by atoms with van der Waals surface area (Å²) >= 11 is 0. The van der Waals surface area contributed by atoms with Gasteiger partial charge in [-0.1, -0.05) is 6.07 Å². The van der Waals surface area contributed by atoms with E-state index in [1.807, 2.05) is 30.0 Å². The van der Waals surface area contributed by atoms with E-state index in [-0.39, 0.29) is 23.6 Å². The van der Waals surface area contributed by atoms with Crippen LogP contribution in [0.4, 0.5) is 13.2 Å². The molecule has 0 unspecified atom stereocenters. The lowest BCUT2D eigenvalue weighted by atomic mass is 9.81. The lowest BCUT2D eigenvalue weighted by molar-refractivity contribution is 0.0392. The number of carbonyl (C=O) groups is 1. The summed E-state index contributed by atoms with van der Waals surface area (Å²) in [7, 11) is 1.70. The van der Waals surface area contributed by atoms with Gasteiger partial charge in [-0.25, -0.2) is 13.2 Å². The van der Waals surface area contributed by atoms with Crippen LogP contribution in [0.3, 0.4) is 0 Å². The van der Waals surface area contributed by atoms with Gasteiger partial charge in [0.2, 0.25) is 0 Å². The minimum Gasteiger partial charge on any atom is -0.327 e. The van der Waals surface area contributed by atoms with Crippen LogP contribution in [0.15, 0.2) is 43.0 Å². The van der Waals surface area contributed by atoms with E-state index in [1.54, 1.807) is 29.0 Å². The van der Waals surface area contributed by atoms with Crippen molar-refractivity contribution in [3.05, 3.63) is 82.8 Å². The molecule has 4 heterocycles. The molecule has 7 nitrogen and oxygen atoms in total. The third-order valence-corrected chi connectivity index (χ3v) is 7.32. The van der Waals surface area contributed by atoms with Gasteiger partial charge in [-0.15, -0.1) is 10.2 Å². The molecule has 1 fully saturated rings. The van der Waals surface area contributed by atoms with Gasteiger partial charge < -0.3 is 4.90 Å². The maximum absolute atomic E-state index is 14.0. The SMILES string of the molecule is Cc1ccc(C(=O)N2[C@@H]3CCC[C@@H]2c2nn(C)c(-c4cc(F)c(F)c(F)c4)c2C3)cc1-n1cnnc1. The smallest absolute Gasteiger partial charge is 0.254 e. The standard InChI is InChI=1S/C26H23F3N6O/c1-14-6-7-15(10-22(14)34-12-30-31-13-34)26(36)35-17-4-3-5-21(35)24-18(11-17)25(33(2)32-24)16-8-19(27)23(29)20(28)9-16/h6-10,12-13,17,21H,3-5,11H2,1-2H3/t17-,21-/m1/s1. The summed E-state index contributed by atoms with van der Waals surface area (Å²) in [5.41, 5.74) is 4.75. The van der Waals surface area contributed by atoms with Crippen LogP contribution in [0.5, 0.6) is 0 Å². The van der Waals surface area contributed by atoms with Gasteiger partial charge in [0.05, 0.1) is 23.1 Å². The summed E-state index contributed by atoms with van der Waals surface area (Å²) in [5, 5.41) is 12.4. The second kappa shape index (κ2) is 8.32. The van der Waals surface area contributed by atoms with Gasteiger partial charge in [0, 0.05) is 29.8 Å². The molecule has 0 saturated carbocycles. The highest BCUT2D eigenvalue weighted by Crippen LogP contribution is 2.45. The molecule has 4 aromatic rings. The number of hydrogen-bond acceptors (Lipinski definition) is 4. The molecule has 2 aromatic carbocycles. The fourth-order valence-electron chi connectivity index (χ4n) is 5.70. The van der Waals surface area contributed by atoms with Crippen LogP contribution in [0, 0.1) is 24.4 Å². The number of carbonyl (C=O) groups excluding carboxylic acids is 1. The third-order valence-electron chi connectivity index (χ3n) is 7.32. The van der Waals surface area contributed by atoms with E-state index in [4.69, 9.17) is 5.10 Å². The summed E-state index contributed by atoms with van der Waals surface area (Å²) < 4.78 is 45.0. The highest BCUT2D eigenvalue weighted by atomic mass is 19.2. The van der Waals surface area contributed by atoms with E-state index in [0.717, 1.165) is 53.9 Å². The molecule has 0 aliphatic carbocycles. The number of benzene rings is 2. The van der Waals surface area contributed by atoms with Gasteiger partial charge in [-0.3, -0.25) is 14.0 Å². The Morgan fingerprint density at radius 1 is 1.03 bits per heavy atom. The quantitative estimate of drug-likeness (QED) is 0.390. The molecule has 2 atom stereocenters. The third kappa shape index (κ3) is 3.42. The van der Waals surface area contributed by atoms with Crippen LogP contribution in [-0.4, -0.2) is 41.4 Å². The normalized spacial score (nSPS) is 18.9. The summed E-state index contributed by atoms with van der Waals surface area (Å²) in [4.78, 5) is 15.8. The van der Waals surface area contributed by atoms with Crippen molar-refractivity contribution in [2.75, 3.05) is 0 Å². The molecule has 2 aliphatic rings. The number of fused-ring (bicyclic) bond motifs is 4. The zero-order chi connectivity index (χ0) is 25.1. The molecule has 0 spiro atoms. The molecular weight excluding hydrogens is 469 g/mol. The first-order valence-corrected chi connectivity index (χ1v) is 11.8. The average molecular weight is 493 g/mol. The van der Waals surface area contributed by atoms with Crippen molar-refractivity contribution in [2.45, 2.75) is 44.7 Å². The van der Waals surface area contributed by atoms with Gasteiger partial charge in [0.15, 0.2) is 17.5 Å². The lowest BCUT2D eigenvalue weighted by Crippen LogP contribution is -2.49. The molecule has 2 bridgehead atoms. The minimum atomic E-state index is -1.49. The molecule has 0 radical (unpaired) electrons. The Kier molecular flexibility index (Phi) is 5.20. The predicted molar refractivity (Wildman–Crippen MR) is 125 cm³/mol. The summed E-state index contributed by atoms with van der Waals surface area (Å²) in [6.45, 7) is 1.96. The zero-order valence-electron chi connectivity index (χ0n) is 19.8. The van der Waals surface area contributed by atoms with Crippen molar-refractivity contribution >= 4 is 5.91 Å². The Morgan fingerprint density at radius 2 is 1.75 bits per heavy atom.